The maximum Gasteiger partial charge on any atom is -0.147 e. The van der Waals surface area contributed by atoms with E-state index in [1.165, 1.54) is 18.3 Å². The van der Waals surface area contributed by atoms with Gasteiger partial charge >= 0.3 is 36.7 Å². The van der Waals surface area contributed by atoms with E-state index in [0.717, 1.165) is 4.51 Å². The smallest absolute Gasteiger partial charge is 0.147 e. The Bertz CT molecular complexity index is 11.6. The Morgan fingerprint density at radius 2 is 1.40 bits per heavy atom. The van der Waals surface area contributed by atoms with Crippen LogP contribution in [0.2, 0.25) is 4.51 Å². The first-order valence-corrected chi connectivity index (χ1v) is 3.28. The molecule has 0 rings (SSSR count). The zero-order chi connectivity index (χ0) is 3.58. The normalized spacial score (nSPS) is 7.40. The zero-order valence-corrected chi connectivity index (χ0v) is 7.48. The molecule has 29 valence electrons. The van der Waals surface area contributed by atoms with E-state index in [4.69, 9.17) is 0 Å². The van der Waals surface area contributed by atoms with Crippen LogP contribution in [0.25, 0.3) is 0 Å². The van der Waals surface area contributed by atoms with E-state index in [9.17, 15) is 0 Å². The molecule has 0 amide bonds. The van der Waals surface area contributed by atoms with Crippen molar-refractivity contribution in [3.8, 4) is 0 Å². The second kappa shape index (κ2) is 4.91. The van der Waals surface area contributed by atoms with Crippen molar-refractivity contribution in [2.24, 2.45) is 0 Å². The standard InChI is InChI=1S/C3H7.ClH.Zn/c1-3-2;;/h3H,1-2H3;1H;. The van der Waals surface area contributed by atoms with E-state index in [2.05, 4.69) is 13.8 Å². The van der Waals surface area contributed by atoms with Crippen LogP contribution in [0.3, 0.4) is 0 Å². The van der Waals surface area contributed by atoms with Crippen molar-refractivity contribution >= 4 is 12.4 Å². The first-order chi connectivity index (χ1) is 1.73. The van der Waals surface area contributed by atoms with Crippen molar-refractivity contribution in [3.63, 3.8) is 0 Å². The molecule has 5 heavy (non-hydrogen) atoms. The fourth-order valence-electron chi connectivity index (χ4n) is 0. The van der Waals surface area contributed by atoms with Crippen LogP contribution < -0.4 is 0 Å². The summed E-state index contributed by atoms with van der Waals surface area (Å²) in [5, 5.41) is 0. The average Bonchev–Trinajstić information content (AvgIpc) is 0.811. The zero-order valence-electron chi connectivity index (χ0n) is 3.69. The minimum absolute atomic E-state index is 0. The van der Waals surface area contributed by atoms with E-state index in [1.807, 2.05) is 0 Å². The summed E-state index contributed by atoms with van der Waals surface area (Å²) >= 11 is 1.43. The molecule has 0 saturated carbocycles. The van der Waals surface area contributed by atoms with E-state index in [0.29, 0.717) is 0 Å². The van der Waals surface area contributed by atoms with Crippen molar-refractivity contribution in [1.82, 2.24) is 0 Å². The molecular formula is C3H8ClZn. The Labute approximate surface area is 49.4 Å². The van der Waals surface area contributed by atoms with Crippen molar-refractivity contribution in [2.75, 3.05) is 0 Å². The van der Waals surface area contributed by atoms with Crippen molar-refractivity contribution < 1.29 is 18.3 Å². The third kappa shape index (κ3) is 50.0. The second-order valence-corrected chi connectivity index (χ2v) is 4.82. The van der Waals surface area contributed by atoms with Crippen LogP contribution in [0.4, 0.5) is 0 Å². The van der Waals surface area contributed by atoms with Gasteiger partial charge in [-0.3, -0.25) is 0 Å². The molecule has 0 aromatic heterocycles. The molecule has 0 atom stereocenters. The predicted octanol–water partition coefficient (Wildman–Crippen LogP) is 1.78. The molecule has 0 aromatic carbocycles. The fraction of sp³-hybridized carbons (Fsp3) is 1.00. The van der Waals surface area contributed by atoms with Gasteiger partial charge in [0.25, 0.3) is 0 Å². The van der Waals surface area contributed by atoms with E-state index >= 15 is 0 Å². The van der Waals surface area contributed by atoms with Gasteiger partial charge in [-0.1, -0.05) is 0 Å². The molecule has 0 nitrogen and oxygen atoms in total. The van der Waals surface area contributed by atoms with E-state index in [-0.39, 0.29) is 12.4 Å². The SMILES string of the molecule is C[CH](C)[Zn].Cl. The number of hydrogen-bond donors (Lipinski definition) is 0. The monoisotopic (exact) mass is 143 g/mol. The van der Waals surface area contributed by atoms with Crippen LogP contribution in [0, 0.1) is 0 Å². The summed E-state index contributed by atoms with van der Waals surface area (Å²) in [6.45, 7) is 4.44. The maximum atomic E-state index is 2.22. The van der Waals surface area contributed by atoms with Gasteiger partial charge in [0.05, 0.1) is 0 Å². The molecule has 0 heterocycles. The second-order valence-electron chi connectivity index (χ2n) is 1.39. The van der Waals surface area contributed by atoms with Gasteiger partial charge in [0.1, 0.15) is 0 Å². The van der Waals surface area contributed by atoms with Gasteiger partial charge in [0, 0.05) is 0 Å². The van der Waals surface area contributed by atoms with Crippen LogP contribution in [0.1, 0.15) is 13.8 Å². The Hall–Kier alpha value is 0.913. The van der Waals surface area contributed by atoms with Gasteiger partial charge in [0.2, 0.25) is 0 Å². The number of rotatable bonds is 0. The van der Waals surface area contributed by atoms with Crippen LogP contribution in [-0.2, 0) is 18.3 Å². The van der Waals surface area contributed by atoms with E-state index in [1.54, 1.807) is 0 Å². The number of halogens is 1. The summed E-state index contributed by atoms with van der Waals surface area (Å²) in [6, 6.07) is 0. The molecular weight excluding hydrogens is 137 g/mol. The Balaban J connectivity index is 0. The predicted molar refractivity (Wildman–Crippen MR) is 22.3 cm³/mol. The minimum Gasteiger partial charge on any atom is -0.147 e. The van der Waals surface area contributed by atoms with Gasteiger partial charge in [-0.25, -0.2) is 0 Å². The summed E-state index contributed by atoms with van der Waals surface area (Å²) in [5.74, 6) is 0. The van der Waals surface area contributed by atoms with Gasteiger partial charge in [-0.2, -0.15) is 0 Å². The van der Waals surface area contributed by atoms with Gasteiger partial charge in [0.15, 0.2) is 0 Å². The quantitative estimate of drug-likeness (QED) is 0.455. The fourth-order valence-corrected chi connectivity index (χ4v) is 0. The Kier molecular flexibility index (Phi) is 9.16. The molecule has 0 fully saturated rings. The molecule has 0 aromatic rings. The van der Waals surface area contributed by atoms with Crippen molar-refractivity contribution in [3.05, 3.63) is 0 Å². The molecule has 0 spiro atoms. The molecule has 0 aliphatic rings. The maximum absolute atomic E-state index is 2.22. The van der Waals surface area contributed by atoms with Crippen LogP contribution >= 0.6 is 12.4 Å². The molecule has 0 saturated heterocycles. The summed E-state index contributed by atoms with van der Waals surface area (Å²) in [6.07, 6.45) is 0. The van der Waals surface area contributed by atoms with Crippen LogP contribution in [0.5, 0.6) is 0 Å². The number of hydrogen-bond acceptors (Lipinski definition) is 0. The Morgan fingerprint density at radius 1 is 1.40 bits per heavy atom. The topological polar surface area (TPSA) is 0 Å². The summed E-state index contributed by atoms with van der Waals surface area (Å²) in [4.78, 5) is 0. The molecule has 0 N–H and O–H groups in total. The molecule has 0 radical (unpaired) electrons. The molecule has 0 aliphatic carbocycles. The first kappa shape index (κ1) is 9.32. The first-order valence-electron chi connectivity index (χ1n) is 1.56. The van der Waals surface area contributed by atoms with Crippen LogP contribution in [0.15, 0.2) is 0 Å². The third-order valence-electron chi connectivity index (χ3n) is 0. The minimum atomic E-state index is 0. The summed E-state index contributed by atoms with van der Waals surface area (Å²) in [5.41, 5.74) is 0. The third-order valence-corrected chi connectivity index (χ3v) is 0. The molecule has 0 unspecified atom stereocenters. The Morgan fingerprint density at radius 3 is 1.40 bits per heavy atom. The average molecular weight is 145 g/mol. The van der Waals surface area contributed by atoms with Crippen LogP contribution in [-0.4, -0.2) is 0 Å². The molecule has 2 heteroatoms. The van der Waals surface area contributed by atoms with Crippen molar-refractivity contribution in [1.29, 1.82) is 0 Å². The summed E-state index contributed by atoms with van der Waals surface area (Å²) in [7, 11) is 0. The molecule has 0 aliphatic heterocycles. The van der Waals surface area contributed by atoms with E-state index < -0.39 is 0 Å². The summed E-state index contributed by atoms with van der Waals surface area (Å²) < 4.78 is 0.958. The van der Waals surface area contributed by atoms with Gasteiger partial charge in [-0.05, 0) is 0 Å². The van der Waals surface area contributed by atoms with Crippen molar-refractivity contribution in [2.45, 2.75) is 18.4 Å². The molecule has 0 bridgehead atoms. The van der Waals surface area contributed by atoms with Gasteiger partial charge < -0.3 is 0 Å². The van der Waals surface area contributed by atoms with Gasteiger partial charge in [-0.15, -0.1) is 12.4 Å². The largest absolute Gasteiger partial charge is 0.147 e.